The van der Waals surface area contributed by atoms with E-state index in [0.717, 1.165) is 6.42 Å². The second-order valence-corrected chi connectivity index (χ2v) is 6.57. The van der Waals surface area contributed by atoms with Gasteiger partial charge in [0.15, 0.2) is 5.69 Å². The summed E-state index contributed by atoms with van der Waals surface area (Å²) >= 11 is 0. The van der Waals surface area contributed by atoms with E-state index in [2.05, 4.69) is 22.6 Å². The number of carbonyl (C=O) groups is 1. The van der Waals surface area contributed by atoms with E-state index < -0.39 is 0 Å². The van der Waals surface area contributed by atoms with Gasteiger partial charge in [-0.15, -0.1) is 0 Å². The summed E-state index contributed by atoms with van der Waals surface area (Å²) in [5, 5.41) is 8.32. The second-order valence-electron chi connectivity index (χ2n) is 6.57. The van der Waals surface area contributed by atoms with Gasteiger partial charge in [-0.3, -0.25) is 9.59 Å². The number of carbonyl (C=O) groups excluding carboxylic acids is 1. The fourth-order valence-corrected chi connectivity index (χ4v) is 3.90. The van der Waals surface area contributed by atoms with E-state index in [9.17, 15) is 9.59 Å². The third-order valence-electron chi connectivity index (χ3n) is 5.11. The Morgan fingerprint density at radius 3 is 2.74 bits per heavy atom. The summed E-state index contributed by atoms with van der Waals surface area (Å²) in [6.45, 7) is 0.670. The molecular weight excluding hydrogens is 290 g/mol. The first-order valence-electron chi connectivity index (χ1n) is 8.06. The minimum atomic E-state index is -0.205. The highest BCUT2D eigenvalue weighted by Crippen LogP contribution is 2.42. The fraction of sp³-hybridized carbons (Fsp3) is 0.389. The molecule has 2 bridgehead atoms. The quantitative estimate of drug-likeness (QED) is 0.881. The topological polar surface area (TPSA) is 64.0 Å². The van der Waals surface area contributed by atoms with E-state index in [1.165, 1.54) is 11.1 Å². The summed E-state index contributed by atoms with van der Waals surface area (Å²) in [6, 6.07) is 7.13. The van der Waals surface area contributed by atoms with Crippen LogP contribution in [-0.4, -0.2) is 22.2 Å². The summed E-state index contributed by atoms with van der Waals surface area (Å²) in [5.74, 6) is 1.61. The Kier molecular flexibility index (Phi) is 3.29. The molecule has 0 saturated heterocycles. The van der Waals surface area contributed by atoms with Crippen LogP contribution < -0.4 is 10.9 Å². The number of benzene rings is 1. The number of aromatic nitrogens is 2. The molecule has 1 fully saturated rings. The number of allylic oxidation sites excluding steroid dienone is 2. The van der Waals surface area contributed by atoms with Crippen LogP contribution in [0, 0.1) is 17.8 Å². The summed E-state index contributed by atoms with van der Waals surface area (Å²) in [6.07, 6.45) is 6.96. The van der Waals surface area contributed by atoms with Crippen molar-refractivity contribution in [2.45, 2.75) is 12.8 Å². The maximum atomic E-state index is 12.6. The molecule has 3 atom stereocenters. The largest absolute Gasteiger partial charge is 0.350 e. The first-order chi connectivity index (χ1) is 11.1. The Morgan fingerprint density at radius 2 is 2.04 bits per heavy atom. The van der Waals surface area contributed by atoms with Crippen molar-refractivity contribution in [1.82, 2.24) is 15.1 Å². The first-order valence-corrected chi connectivity index (χ1v) is 8.06. The molecule has 1 aromatic heterocycles. The predicted molar refractivity (Wildman–Crippen MR) is 88.2 cm³/mol. The summed E-state index contributed by atoms with van der Waals surface area (Å²) < 4.78 is 1.23. The molecule has 0 unspecified atom stereocenters. The minimum Gasteiger partial charge on any atom is -0.350 e. The van der Waals surface area contributed by atoms with E-state index in [4.69, 9.17) is 0 Å². The summed E-state index contributed by atoms with van der Waals surface area (Å²) in [7, 11) is 1.58. The van der Waals surface area contributed by atoms with Gasteiger partial charge in [-0.25, -0.2) is 4.68 Å². The lowest BCUT2D eigenvalue weighted by molar-refractivity contribution is 0.0940. The molecule has 1 N–H and O–H groups in total. The molecular formula is C18H19N3O2. The molecule has 0 aliphatic heterocycles. The van der Waals surface area contributed by atoms with Gasteiger partial charge >= 0.3 is 0 Å². The van der Waals surface area contributed by atoms with Crippen molar-refractivity contribution in [1.29, 1.82) is 0 Å². The smallest absolute Gasteiger partial charge is 0.274 e. The zero-order chi connectivity index (χ0) is 16.0. The molecule has 118 valence electrons. The van der Waals surface area contributed by atoms with Gasteiger partial charge in [0.1, 0.15) is 0 Å². The first kappa shape index (κ1) is 14.2. The Hall–Kier alpha value is -2.43. The highest BCUT2D eigenvalue weighted by Gasteiger charge is 2.35. The molecule has 0 radical (unpaired) electrons. The van der Waals surface area contributed by atoms with Crippen LogP contribution in [-0.2, 0) is 7.05 Å². The number of fused-ring (bicyclic) bond motifs is 3. The van der Waals surface area contributed by atoms with Crippen molar-refractivity contribution >= 4 is 16.7 Å². The molecule has 1 heterocycles. The van der Waals surface area contributed by atoms with Gasteiger partial charge in [0.25, 0.3) is 11.5 Å². The van der Waals surface area contributed by atoms with Crippen molar-refractivity contribution < 1.29 is 4.79 Å². The Balaban J connectivity index is 1.59. The summed E-state index contributed by atoms with van der Waals surface area (Å²) in [5.41, 5.74) is 0.136. The number of hydrogen-bond donors (Lipinski definition) is 1. The third-order valence-corrected chi connectivity index (χ3v) is 5.11. The molecule has 23 heavy (non-hydrogen) atoms. The lowest BCUT2D eigenvalue weighted by atomic mass is 9.93. The molecule has 5 heteroatoms. The van der Waals surface area contributed by atoms with Gasteiger partial charge in [0, 0.05) is 19.0 Å². The van der Waals surface area contributed by atoms with Crippen molar-refractivity contribution in [3.8, 4) is 0 Å². The Morgan fingerprint density at radius 1 is 1.26 bits per heavy atom. The maximum absolute atomic E-state index is 12.6. The van der Waals surface area contributed by atoms with E-state index in [0.29, 0.717) is 40.8 Å². The molecule has 0 spiro atoms. The fourth-order valence-electron chi connectivity index (χ4n) is 3.90. The molecule has 1 saturated carbocycles. The normalized spacial score (nSPS) is 25.2. The average Bonchev–Trinajstić information content (AvgIpc) is 3.19. The van der Waals surface area contributed by atoms with Crippen molar-refractivity contribution in [3.63, 3.8) is 0 Å². The van der Waals surface area contributed by atoms with Crippen LogP contribution in [0.3, 0.4) is 0 Å². The zero-order valence-electron chi connectivity index (χ0n) is 13.0. The third kappa shape index (κ3) is 2.36. The van der Waals surface area contributed by atoms with E-state index in [1.54, 1.807) is 25.2 Å². The number of amides is 1. The van der Waals surface area contributed by atoms with Gasteiger partial charge in [-0.05, 0) is 36.7 Å². The van der Waals surface area contributed by atoms with Gasteiger partial charge in [-0.2, -0.15) is 5.10 Å². The number of aryl methyl sites for hydroxylation is 1. The number of rotatable bonds is 3. The van der Waals surface area contributed by atoms with Crippen LogP contribution in [0.25, 0.3) is 10.8 Å². The van der Waals surface area contributed by atoms with Crippen LogP contribution in [0.15, 0.2) is 41.2 Å². The molecule has 1 aromatic carbocycles. The SMILES string of the molecule is Cn1nc(C(=O)NC[C@@H]2C[C@H]3C=C[C@H]2C3)c2ccccc2c1=O. The predicted octanol–water partition coefficient (Wildman–Crippen LogP) is 1.88. The van der Waals surface area contributed by atoms with E-state index in [-0.39, 0.29) is 11.5 Å². The highest BCUT2D eigenvalue weighted by atomic mass is 16.2. The number of hydrogen-bond acceptors (Lipinski definition) is 3. The van der Waals surface area contributed by atoms with E-state index >= 15 is 0 Å². The zero-order valence-corrected chi connectivity index (χ0v) is 13.0. The minimum absolute atomic E-state index is 0.185. The van der Waals surface area contributed by atoms with Crippen molar-refractivity contribution in [2.24, 2.45) is 24.8 Å². The molecule has 2 aromatic rings. The molecule has 2 aliphatic rings. The highest BCUT2D eigenvalue weighted by molar-refractivity contribution is 6.04. The van der Waals surface area contributed by atoms with Crippen LogP contribution in [0.5, 0.6) is 0 Å². The van der Waals surface area contributed by atoms with Crippen LogP contribution >= 0.6 is 0 Å². The molecule has 2 aliphatic carbocycles. The standard InChI is InChI=1S/C18H19N3O2/c1-21-18(23)15-5-3-2-4-14(15)16(20-21)17(22)19-10-13-9-11-6-7-12(13)8-11/h2-7,11-13H,8-10H2,1H3,(H,19,22)/t11-,12-,13-/m0/s1. The van der Waals surface area contributed by atoms with E-state index in [1.807, 2.05) is 6.07 Å². The Bertz CT molecular complexity index is 868. The maximum Gasteiger partial charge on any atom is 0.274 e. The molecule has 4 rings (SSSR count). The average molecular weight is 309 g/mol. The summed E-state index contributed by atoms with van der Waals surface area (Å²) in [4.78, 5) is 24.7. The van der Waals surface area contributed by atoms with Gasteiger partial charge < -0.3 is 5.32 Å². The van der Waals surface area contributed by atoms with Crippen LogP contribution in [0.2, 0.25) is 0 Å². The molecule has 1 amide bonds. The Labute approximate surface area is 134 Å². The van der Waals surface area contributed by atoms with Gasteiger partial charge in [0.2, 0.25) is 0 Å². The lowest BCUT2D eigenvalue weighted by Crippen LogP contribution is -2.33. The van der Waals surface area contributed by atoms with Gasteiger partial charge in [-0.1, -0.05) is 30.4 Å². The monoisotopic (exact) mass is 309 g/mol. The van der Waals surface area contributed by atoms with Gasteiger partial charge in [0.05, 0.1) is 5.39 Å². The number of nitrogens with zero attached hydrogens (tertiary/aromatic N) is 2. The van der Waals surface area contributed by atoms with Crippen LogP contribution in [0.1, 0.15) is 23.3 Å². The lowest BCUT2D eigenvalue weighted by Gasteiger charge is -2.18. The van der Waals surface area contributed by atoms with Crippen LogP contribution in [0.4, 0.5) is 0 Å². The molecule has 5 nitrogen and oxygen atoms in total. The van der Waals surface area contributed by atoms with Crippen molar-refractivity contribution in [3.05, 3.63) is 52.5 Å². The van der Waals surface area contributed by atoms with Crippen molar-refractivity contribution in [2.75, 3.05) is 6.54 Å². The second kappa shape index (κ2) is 5.33. The number of nitrogens with one attached hydrogen (secondary N) is 1.